The number of hydrogen-bond acceptors (Lipinski definition) is 2. The van der Waals surface area contributed by atoms with Crippen molar-refractivity contribution < 1.29 is 14.7 Å². The van der Waals surface area contributed by atoms with Gasteiger partial charge in [-0.25, -0.2) is 4.79 Å². The van der Waals surface area contributed by atoms with Crippen molar-refractivity contribution in [1.82, 2.24) is 10.2 Å². The predicted molar refractivity (Wildman–Crippen MR) is 65.5 cm³/mol. The van der Waals surface area contributed by atoms with Crippen molar-refractivity contribution in [2.75, 3.05) is 19.6 Å². The maximum atomic E-state index is 11.6. The van der Waals surface area contributed by atoms with Crippen molar-refractivity contribution in [3.63, 3.8) is 0 Å². The Morgan fingerprint density at radius 1 is 1.41 bits per heavy atom. The summed E-state index contributed by atoms with van der Waals surface area (Å²) in [7, 11) is 0. The van der Waals surface area contributed by atoms with E-state index in [-0.39, 0.29) is 18.5 Å². The van der Waals surface area contributed by atoms with E-state index in [4.69, 9.17) is 11.5 Å². The molecule has 0 aromatic heterocycles. The second-order valence-corrected chi connectivity index (χ2v) is 5.00. The minimum Gasteiger partial charge on any atom is -0.480 e. The highest BCUT2D eigenvalue weighted by Gasteiger charge is 2.16. The van der Waals surface area contributed by atoms with Gasteiger partial charge in [-0.15, -0.1) is 6.42 Å². The molecule has 96 valence electrons. The molecular weight excluding hydrogens is 220 g/mol. The highest BCUT2D eigenvalue weighted by molar-refractivity contribution is 5.80. The molecule has 0 heterocycles. The molecule has 5 nitrogen and oxygen atoms in total. The molecule has 0 unspecified atom stereocenters. The average Bonchev–Trinajstić information content (AvgIpc) is 2.14. The summed E-state index contributed by atoms with van der Waals surface area (Å²) >= 11 is 0. The summed E-state index contributed by atoms with van der Waals surface area (Å²) in [5.41, 5.74) is 0.122. The van der Waals surface area contributed by atoms with E-state index in [9.17, 15) is 9.59 Å². The van der Waals surface area contributed by atoms with E-state index < -0.39 is 12.0 Å². The molecule has 5 heteroatoms. The molecule has 0 aliphatic heterocycles. The number of nitrogens with one attached hydrogen (secondary N) is 1. The molecule has 0 fully saturated rings. The number of hydrogen-bond donors (Lipinski definition) is 2. The lowest BCUT2D eigenvalue weighted by atomic mass is 9.92. The van der Waals surface area contributed by atoms with Crippen LogP contribution in [0.15, 0.2) is 0 Å². The normalized spacial score (nSPS) is 10.5. The molecule has 0 aliphatic rings. The lowest BCUT2D eigenvalue weighted by molar-refractivity contribution is -0.137. The third-order valence-electron chi connectivity index (χ3n) is 2.05. The van der Waals surface area contributed by atoms with Gasteiger partial charge in [-0.1, -0.05) is 26.7 Å². The number of terminal acetylenes is 1. The minimum atomic E-state index is -1.08. The monoisotopic (exact) mass is 240 g/mol. The van der Waals surface area contributed by atoms with Gasteiger partial charge < -0.3 is 15.3 Å². The first kappa shape index (κ1) is 15.3. The summed E-state index contributed by atoms with van der Waals surface area (Å²) in [5, 5.41) is 11.3. The molecule has 0 bridgehead atoms. The van der Waals surface area contributed by atoms with Crippen LogP contribution in [0.3, 0.4) is 0 Å². The Labute approximate surface area is 102 Å². The van der Waals surface area contributed by atoms with E-state index in [1.807, 2.05) is 0 Å². The van der Waals surface area contributed by atoms with Gasteiger partial charge >= 0.3 is 12.0 Å². The lowest BCUT2D eigenvalue weighted by Crippen LogP contribution is -2.43. The molecule has 0 aliphatic carbocycles. The SMILES string of the molecule is C#CCN(CC(=O)O)C(=O)NCCC(C)(C)C. The standard InChI is InChI=1S/C12H20N2O3/c1-5-8-14(9-10(15)16)11(17)13-7-6-12(2,3)4/h1H,6-9H2,2-4H3,(H,13,17)(H,15,16). The van der Waals surface area contributed by atoms with Crippen LogP contribution in [-0.4, -0.2) is 41.6 Å². The zero-order chi connectivity index (χ0) is 13.5. The van der Waals surface area contributed by atoms with Crippen LogP contribution in [0.25, 0.3) is 0 Å². The third kappa shape index (κ3) is 8.14. The number of aliphatic carboxylic acids is 1. The molecule has 0 aromatic carbocycles. The summed E-state index contributed by atoms with van der Waals surface area (Å²) in [6.45, 7) is 6.31. The zero-order valence-electron chi connectivity index (χ0n) is 10.6. The summed E-state index contributed by atoms with van der Waals surface area (Å²) in [6.07, 6.45) is 5.89. The Bertz CT molecular complexity index is 313. The highest BCUT2D eigenvalue weighted by Crippen LogP contribution is 2.16. The maximum Gasteiger partial charge on any atom is 0.323 e. The molecule has 0 atom stereocenters. The number of rotatable bonds is 5. The van der Waals surface area contributed by atoms with E-state index in [1.54, 1.807) is 0 Å². The van der Waals surface area contributed by atoms with Gasteiger partial charge in [0.05, 0.1) is 6.54 Å². The predicted octanol–water partition coefficient (Wildman–Crippen LogP) is 1.15. The Morgan fingerprint density at radius 2 is 2.00 bits per heavy atom. The van der Waals surface area contributed by atoms with Crippen LogP contribution >= 0.6 is 0 Å². The minimum absolute atomic E-state index is 0.00630. The number of carbonyl (C=O) groups excluding carboxylic acids is 1. The van der Waals surface area contributed by atoms with Gasteiger partial charge in [0.1, 0.15) is 6.54 Å². The first-order valence-corrected chi connectivity index (χ1v) is 5.44. The molecule has 0 radical (unpaired) electrons. The number of carbonyl (C=O) groups is 2. The quantitative estimate of drug-likeness (QED) is 0.708. The number of carboxylic acid groups (broad SMARTS) is 1. The number of carboxylic acids is 1. The van der Waals surface area contributed by atoms with E-state index in [0.717, 1.165) is 11.3 Å². The molecule has 0 saturated heterocycles. The second kappa shape index (κ2) is 6.79. The van der Waals surface area contributed by atoms with Crippen LogP contribution in [-0.2, 0) is 4.79 Å². The number of urea groups is 1. The van der Waals surface area contributed by atoms with Crippen molar-refractivity contribution in [3.8, 4) is 12.3 Å². The summed E-state index contributed by atoms with van der Waals surface area (Å²) in [5.74, 6) is 1.18. The van der Waals surface area contributed by atoms with Gasteiger partial charge in [0.25, 0.3) is 0 Å². The first-order valence-electron chi connectivity index (χ1n) is 5.44. The lowest BCUT2D eigenvalue weighted by Gasteiger charge is -2.21. The van der Waals surface area contributed by atoms with Crippen LogP contribution < -0.4 is 5.32 Å². The van der Waals surface area contributed by atoms with Gasteiger partial charge in [0.15, 0.2) is 0 Å². The molecule has 0 rings (SSSR count). The van der Waals surface area contributed by atoms with Crippen molar-refractivity contribution in [2.45, 2.75) is 27.2 Å². The topological polar surface area (TPSA) is 69.6 Å². The third-order valence-corrected chi connectivity index (χ3v) is 2.05. The zero-order valence-corrected chi connectivity index (χ0v) is 10.6. The van der Waals surface area contributed by atoms with Crippen LogP contribution in [0.5, 0.6) is 0 Å². The largest absolute Gasteiger partial charge is 0.480 e. The van der Waals surface area contributed by atoms with E-state index in [2.05, 4.69) is 32.0 Å². The van der Waals surface area contributed by atoms with E-state index >= 15 is 0 Å². The van der Waals surface area contributed by atoms with Crippen molar-refractivity contribution in [3.05, 3.63) is 0 Å². The smallest absolute Gasteiger partial charge is 0.323 e. The van der Waals surface area contributed by atoms with Crippen LogP contribution in [0.1, 0.15) is 27.2 Å². The van der Waals surface area contributed by atoms with Crippen molar-refractivity contribution in [1.29, 1.82) is 0 Å². The second-order valence-electron chi connectivity index (χ2n) is 5.00. The first-order chi connectivity index (χ1) is 7.76. The molecule has 17 heavy (non-hydrogen) atoms. The van der Waals surface area contributed by atoms with Gasteiger partial charge in [0.2, 0.25) is 0 Å². The van der Waals surface area contributed by atoms with Crippen LogP contribution in [0.2, 0.25) is 0 Å². The molecule has 0 saturated carbocycles. The number of amides is 2. The molecule has 0 spiro atoms. The van der Waals surface area contributed by atoms with E-state index in [0.29, 0.717) is 6.54 Å². The number of nitrogens with zero attached hydrogens (tertiary/aromatic N) is 1. The molecule has 2 N–H and O–H groups in total. The van der Waals surface area contributed by atoms with Crippen molar-refractivity contribution >= 4 is 12.0 Å². The summed E-state index contributed by atoms with van der Waals surface area (Å²) in [6, 6.07) is -0.436. The Balaban J connectivity index is 4.15. The maximum absolute atomic E-state index is 11.6. The fourth-order valence-corrected chi connectivity index (χ4v) is 1.13. The highest BCUT2D eigenvalue weighted by atomic mass is 16.4. The molecule has 2 amide bonds. The summed E-state index contributed by atoms with van der Waals surface area (Å²) < 4.78 is 0. The fraction of sp³-hybridized carbons (Fsp3) is 0.667. The van der Waals surface area contributed by atoms with Crippen molar-refractivity contribution in [2.24, 2.45) is 5.41 Å². The average molecular weight is 240 g/mol. The molecular formula is C12H20N2O3. The van der Waals surface area contributed by atoms with Crippen LogP contribution in [0.4, 0.5) is 4.79 Å². The van der Waals surface area contributed by atoms with Gasteiger partial charge in [-0.3, -0.25) is 4.79 Å². The Kier molecular flexibility index (Phi) is 6.11. The van der Waals surface area contributed by atoms with Gasteiger partial charge in [-0.05, 0) is 11.8 Å². The Morgan fingerprint density at radius 3 is 2.41 bits per heavy atom. The molecule has 0 aromatic rings. The van der Waals surface area contributed by atoms with E-state index in [1.165, 1.54) is 0 Å². The summed E-state index contributed by atoms with van der Waals surface area (Å²) in [4.78, 5) is 23.2. The van der Waals surface area contributed by atoms with Gasteiger partial charge in [0, 0.05) is 6.54 Å². The van der Waals surface area contributed by atoms with Crippen LogP contribution in [0, 0.1) is 17.8 Å². The fourth-order valence-electron chi connectivity index (χ4n) is 1.13. The Hall–Kier alpha value is -1.70. The van der Waals surface area contributed by atoms with Gasteiger partial charge in [-0.2, -0.15) is 0 Å².